The molecule has 0 aromatic carbocycles. The molecule has 5 N–H and O–H groups in total. The van der Waals surface area contributed by atoms with Crippen LogP contribution < -0.4 is 5.73 Å². The number of nitrogens with one attached hydrogen (secondary N) is 1. The Kier molecular flexibility index (Phi) is 3.19. The normalized spacial score (nSPS) is 28.5. The Morgan fingerprint density at radius 1 is 1.71 bits per heavy atom. The van der Waals surface area contributed by atoms with Gasteiger partial charge in [-0.1, -0.05) is 0 Å². The van der Waals surface area contributed by atoms with E-state index in [0.717, 1.165) is 0 Å². The number of nitrogens with two attached hydrogens (primary N) is 1. The van der Waals surface area contributed by atoms with Crippen LogP contribution in [0.1, 0.15) is 35.5 Å². The van der Waals surface area contributed by atoms with E-state index >= 15 is 0 Å². The summed E-state index contributed by atoms with van der Waals surface area (Å²) in [5.41, 5.74) is 6.84. The molecule has 6 heteroatoms. The zero-order chi connectivity index (χ0) is 12.6. The number of aromatic nitrogens is 1. The topological polar surface area (TPSA) is 109 Å². The van der Waals surface area contributed by atoms with Crippen LogP contribution in [0.4, 0.5) is 5.82 Å². The molecule has 1 aromatic heterocycles. The molecular weight excluding hydrogens is 224 g/mol. The van der Waals surface area contributed by atoms with Gasteiger partial charge in [-0.05, 0) is 6.07 Å². The predicted molar refractivity (Wildman–Crippen MR) is 60.5 cm³/mol. The van der Waals surface area contributed by atoms with Crippen molar-refractivity contribution in [1.82, 2.24) is 4.98 Å². The van der Waals surface area contributed by atoms with Gasteiger partial charge in [-0.2, -0.15) is 0 Å². The number of aliphatic hydroxyl groups is 2. The molecular formula is C11H16N2O4. The van der Waals surface area contributed by atoms with Crippen LogP contribution in [-0.4, -0.2) is 39.8 Å². The molecule has 1 fully saturated rings. The number of H-pyrrole nitrogens is 1. The molecule has 1 aliphatic heterocycles. The zero-order valence-corrected chi connectivity index (χ0v) is 9.51. The molecule has 0 saturated carbocycles. The number of carbonyl (C=O) groups is 1. The zero-order valence-electron chi connectivity index (χ0n) is 9.51. The fraction of sp³-hybridized carbons (Fsp3) is 0.545. The van der Waals surface area contributed by atoms with E-state index in [-0.39, 0.29) is 18.5 Å². The maximum Gasteiger partial charge on any atom is 0.175 e. The highest BCUT2D eigenvalue weighted by atomic mass is 16.5. The van der Waals surface area contributed by atoms with Gasteiger partial charge in [0.1, 0.15) is 11.9 Å². The van der Waals surface area contributed by atoms with E-state index in [9.17, 15) is 9.90 Å². The molecule has 2 rings (SSSR count). The Hall–Kier alpha value is -1.37. The average molecular weight is 240 g/mol. The number of hydrogen-bond donors (Lipinski definition) is 4. The number of anilines is 1. The number of rotatable bonds is 3. The highest BCUT2D eigenvalue weighted by Crippen LogP contribution is 2.36. The van der Waals surface area contributed by atoms with E-state index in [1.807, 2.05) is 0 Å². The van der Waals surface area contributed by atoms with Crippen LogP contribution in [-0.2, 0) is 4.74 Å². The highest BCUT2D eigenvalue weighted by Gasteiger charge is 2.35. The standard InChI is InChI=1S/C11H16N2O4/c1-5(15)7-2-6(11(12)13-7)9-3-8(16)10(4-14)17-9/h2,8-10,13-14,16H,3-4,12H2,1H3/t8-,9+,10+/m0/s1. The number of aromatic amines is 1. The molecule has 17 heavy (non-hydrogen) atoms. The molecule has 0 unspecified atom stereocenters. The van der Waals surface area contributed by atoms with Crippen molar-refractivity contribution >= 4 is 11.6 Å². The lowest BCUT2D eigenvalue weighted by Gasteiger charge is -2.11. The van der Waals surface area contributed by atoms with E-state index in [1.54, 1.807) is 6.07 Å². The third kappa shape index (κ3) is 2.19. The van der Waals surface area contributed by atoms with E-state index in [2.05, 4.69) is 4.98 Å². The third-order valence-electron chi connectivity index (χ3n) is 3.01. The first-order valence-corrected chi connectivity index (χ1v) is 5.46. The number of ether oxygens (including phenoxy) is 1. The highest BCUT2D eigenvalue weighted by molar-refractivity contribution is 5.93. The lowest BCUT2D eigenvalue weighted by molar-refractivity contribution is -0.0223. The van der Waals surface area contributed by atoms with Gasteiger partial charge in [0.05, 0.1) is 24.5 Å². The summed E-state index contributed by atoms with van der Waals surface area (Å²) in [7, 11) is 0. The first kappa shape index (κ1) is 12.1. The quantitative estimate of drug-likeness (QED) is 0.555. The summed E-state index contributed by atoms with van der Waals surface area (Å²) in [4.78, 5) is 14.0. The number of carbonyl (C=O) groups excluding carboxylic acids is 1. The SMILES string of the molecule is CC(=O)c1cc([C@H]2C[C@H](O)[C@@H](CO)O2)c(N)[nH]1. The summed E-state index contributed by atoms with van der Waals surface area (Å²) in [5, 5.41) is 18.6. The van der Waals surface area contributed by atoms with Crippen molar-refractivity contribution in [2.24, 2.45) is 0 Å². The maximum absolute atomic E-state index is 11.2. The van der Waals surface area contributed by atoms with Crippen LogP contribution in [0.2, 0.25) is 0 Å². The number of ketones is 1. The van der Waals surface area contributed by atoms with Crippen molar-refractivity contribution in [3.05, 3.63) is 17.3 Å². The van der Waals surface area contributed by atoms with Gasteiger partial charge < -0.3 is 25.7 Å². The summed E-state index contributed by atoms with van der Waals surface area (Å²) in [6, 6.07) is 1.63. The van der Waals surface area contributed by atoms with Crippen molar-refractivity contribution in [1.29, 1.82) is 0 Å². The summed E-state index contributed by atoms with van der Waals surface area (Å²) in [5.74, 6) is 0.256. The van der Waals surface area contributed by atoms with Gasteiger partial charge in [0, 0.05) is 18.9 Å². The first-order valence-electron chi connectivity index (χ1n) is 5.46. The second kappa shape index (κ2) is 4.48. The minimum Gasteiger partial charge on any atom is -0.394 e. The van der Waals surface area contributed by atoms with Gasteiger partial charge in [-0.25, -0.2) is 0 Å². The molecule has 0 radical (unpaired) electrons. The predicted octanol–water partition coefficient (Wildman–Crippen LogP) is -0.0173. The van der Waals surface area contributed by atoms with Gasteiger partial charge in [-0.15, -0.1) is 0 Å². The molecule has 3 atom stereocenters. The van der Waals surface area contributed by atoms with E-state index in [0.29, 0.717) is 23.5 Å². The van der Waals surface area contributed by atoms with Gasteiger partial charge in [0.25, 0.3) is 0 Å². The smallest absolute Gasteiger partial charge is 0.175 e. The monoisotopic (exact) mass is 240 g/mol. The number of aliphatic hydroxyl groups excluding tert-OH is 2. The Labute approximate surface area is 98.4 Å². The van der Waals surface area contributed by atoms with E-state index < -0.39 is 12.2 Å². The third-order valence-corrected chi connectivity index (χ3v) is 3.01. The van der Waals surface area contributed by atoms with E-state index in [1.165, 1.54) is 6.92 Å². The van der Waals surface area contributed by atoms with Crippen molar-refractivity contribution < 1.29 is 19.7 Å². The van der Waals surface area contributed by atoms with Gasteiger partial charge in [-0.3, -0.25) is 4.79 Å². The second-order valence-corrected chi connectivity index (χ2v) is 4.26. The van der Waals surface area contributed by atoms with E-state index in [4.69, 9.17) is 15.6 Å². The van der Waals surface area contributed by atoms with Gasteiger partial charge in [0.2, 0.25) is 0 Å². The number of hydrogen-bond acceptors (Lipinski definition) is 5. The minimum atomic E-state index is -0.708. The molecule has 94 valence electrons. The summed E-state index contributed by atoms with van der Waals surface area (Å²) in [6.07, 6.45) is -1.31. The lowest BCUT2D eigenvalue weighted by Crippen LogP contribution is -2.24. The summed E-state index contributed by atoms with van der Waals surface area (Å²) in [6.45, 7) is 1.21. The molecule has 1 aromatic rings. The van der Waals surface area contributed by atoms with Crippen LogP contribution in [0.3, 0.4) is 0 Å². The van der Waals surface area contributed by atoms with Gasteiger partial charge in [0.15, 0.2) is 5.78 Å². The fourth-order valence-electron chi connectivity index (χ4n) is 2.04. The molecule has 1 saturated heterocycles. The van der Waals surface area contributed by atoms with Crippen molar-refractivity contribution in [2.75, 3.05) is 12.3 Å². The minimum absolute atomic E-state index is 0.111. The second-order valence-electron chi connectivity index (χ2n) is 4.26. The molecule has 0 bridgehead atoms. The van der Waals surface area contributed by atoms with Crippen LogP contribution in [0.5, 0.6) is 0 Å². The van der Waals surface area contributed by atoms with Gasteiger partial charge >= 0.3 is 0 Å². The molecule has 6 nitrogen and oxygen atoms in total. The van der Waals surface area contributed by atoms with Crippen molar-refractivity contribution in [2.45, 2.75) is 31.7 Å². The van der Waals surface area contributed by atoms with Crippen LogP contribution in [0.15, 0.2) is 6.07 Å². The fourth-order valence-corrected chi connectivity index (χ4v) is 2.04. The maximum atomic E-state index is 11.2. The summed E-state index contributed by atoms with van der Waals surface area (Å²) < 4.78 is 5.47. The van der Waals surface area contributed by atoms with Crippen molar-refractivity contribution in [3.63, 3.8) is 0 Å². The Balaban J connectivity index is 2.21. The largest absolute Gasteiger partial charge is 0.394 e. The Morgan fingerprint density at radius 3 is 2.88 bits per heavy atom. The lowest BCUT2D eigenvalue weighted by atomic mass is 10.1. The van der Waals surface area contributed by atoms with Crippen LogP contribution >= 0.6 is 0 Å². The Bertz CT molecular complexity index is 429. The number of Topliss-reactive ketones (excluding diaryl/α,β-unsaturated/α-hetero) is 1. The first-order chi connectivity index (χ1) is 8.02. The molecule has 0 spiro atoms. The average Bonchev–Trinajstić information content (AvgIpc) is 2.81. The van der Waals surface area contributed by atoms with Crippen LogP contribution in [0.25, 0.3) is 0 Å². The molecule has 0 amide bonds. The van der Waals surface area contributed by atoms with Crippen LogP contribution in [0, 0.1) is 0 Å². The summed E-state index contributed by atoms with van der Waals surface area (Å²) >= 11 is 0. The molecule has 0 aliphatic carbocycles. The number of nitrogen functional groups attached to an aromatic ring is 1. The molecule has 1 aliphatic rings. The molecule has 2 heterocycles. The van der Waals surface area contributed by atoms with Crippen molar-refractivity contribution in [3.8, 4) is 0 Å². The Morgan fingerprint density at radius 2 is 2.41 bits per heavy atom.